The third kappa shape index (κ3) is 3.47. The van der Waals surface area contributed by atoms with Crippen molar-refractivity contribution in [3.8, 4) is 6.07 Å². The molecule has 3 heteroatoms. The van der Waals surface area contributed by atoms with Crippen molar-refractivity contribution in [1.29, 1.82) is 5.26 Å². The lowest BCUT2D eigenvalue weighted by Gasteiger charge is -2.31. The van der Waals surface area contributed by atoms with Gasteiger partial charge in [-0.3, -0.25) is 4.90 Å². The summed E-state index contributed by atoms with van der Waals surface area (Å²) in [6.45, 7) is 7.95. The highest BCUT2D eigenvalue weighted by molar-refractivity contribution is 4.85. The van der Waals surface area contributed by atoms with Gasteiger partial charge in [-0.1, -0.05) is 13.8 Å². The Balaban J connectivity index is 2.43. The van der Waals surface area contributed by atoms with Gasteiger partial charge in [0, 0.05) is 18.6 Å². The van der Waals surface area contributed by atoms with Crippen molar-refractivity contribution in [2.24, 2.45) is 0 Å². The van der Waals surface area contributed by atoms with E-state index in [9.17, 15) is 0 Å². The summed E-state index contributed by atoms with van der Waals surface area (Å²) in [4.78, 5) is 4.94. The highest BCUT2D eigenvalue weighted by Crippen LogP contribution is 2.19. The van der Waals surface area contributed by atoms with Crippen LogP contribution < -0.4 is 0 Å². The van der Waals surface area contributed by atoms with Crippen LogP contribution in [0.15, 0.2) is 0 Å². The molecule has 0 aliphatic carbocycles. The lowest BCUT2D eigenvalue weighted by atomic mass is 10.1. The van der Waals surface area contributed by atoms with Gasteiger partial charge in [-0.2, -0.15) is 5.26 Å². The highest BCUT2D eigenvalue weighted by atomic mass is 15.2. The third-order valence-electron chi connectivity index (χ3n) is 3.83. The molecule has 1 fully saturated rings. The lowest BCUT2D eigenvalue weighted by molar-refractivity contribution is 0.161. The van der Waals surface area contributed by atoms with E-state index < -0.39 is 0 Å². The minimum absolute atomic E-state index is 0.435. The Kier molecular flexibility index (Phi) is 5.79. The molecular formula is C13H25N3. The Bertz CT molecular complexity index is 234. The summed E-state index contributed by atoms with van der Waals surface area (Å²) in [6, 6.07) is 3.44. The Morgan fingerprint density at radius 2 is 2.25 bits per heavy atom. The molecule has 0 saturated carbocycles. The minimum atomic E-state index is 0.435. The molecule has 1 aliphatic heterocycles. The number of nitrogens with zero attached hydrogens (tertiary/aromatic N) is 3. The monoisotopic (exact) mass is 223 g/mol. The van der Waals surface area contributed by atoms with E-state index in [0.717, 1.165) is 19.5 Å². The zero-order valence-corrected chi connectivity index (χ0v) is 10.9. The summed E-state index contributed by atoms with van der Waals surface area (Å²) in [5.74, 6) is 0. The first-order valence-corrected chi connectivity index (χ1v) is 6.54. The van der Waals surface area contributed by atoms with Gasteiger partial charge in [-0.05, 0) is 39.4 Å². The van der Waals surface area contributed by atoms with E-state index in [1.165, 1.54) is 19.4 Å². The smallest absolute Gasteiger partial charge is 0.0638 e. The van der Waals surface area contributed by atoms with Gasteiger partial charge < -0.3 is 4.90 Å². The summed E-state index contributed by atoms with van der Waals surface area (Å²) >= 11 is 0. The van der Waals surface area contributed by atoms with E-state index in [2.05, 4.69) is 36.8 Å². The molecule has 3 nitrogen and oxygen atoms in total. The zero-order valence-electron chi connectivity index (χ0n) is 10.9. The first-order valence-electron chi connectivity index (χ1n) is 6.54. The molecule has 0 radical (unpaired) electrons. The van der Waals surface area contributed by atoms with Gasteiger partial charge in [0.25, 0.3) is 0 Å². The van der Waals surface area contributed by atoms with Crippen LogP contribution in [-0.4, -0.2) is 48.6 Å². The standard InChI is InChI=1S/C13H25N3/c1-4-12(8-9-14)15(3)11-13-7-6-10-16(13)5-2/h12-13H,4-8,10-11H2,1-3H3. The summed E-state index contributed by atoms with van der Waals surface area (Å²) in [5, 5.41) is 8.79. The van der Waals surface area contributed by atoms with Crippen LogP contribution in [0.3, 0.4) is 0 Å². The molecular weight excluding hydrogens is 198 g/mol. The van der Waals surface area contributed by atoms with Crippen molar-refractivity contribution >= 4 is 0 Å². The number of nitriles is 1. The van der Waals surface area contributed by atoms with Crippen LogP contribution in [0.5, 0.6) is 0 Å². The molecule has 0 aromatic rings. The van der Waals surface area contributed by atoms with Crippen molar-refractivity contribution in [2.45, 2.75) is 51.6 Å². The van der Waals surface area contributed by atoms with Crippen molar-refractivity contribution in [2.75, 3.05) is 26.7 Å². The van der Waals surface area contributed by atoms with Crippen molar-refractivity contribution in [3.63, 3.8) is 0 Å². The molecule has 0 bridgehead atoms. The molecule has 16 heavy (non-hydrogen) atoms. The van der Waals surface area contributed by atoms with Crippen LogP contribution in [0.1, 0.15) is 39.5 Å². The van der Waals surface area contributed by atoms with Gasteiger partial charge >= 0.3 is 0 Å². The fourth-order valence-corrected chi connectivity index (χ4v) is 2.72. The molecule has 0 spiro atoms. The number of likely N-dealkylation sites (tertiary alicyclic amines) is 1. The van der Waals surface area contributed by atoms with Crippen LogP contribution in [0.25, 0.3) is 0 Å². The number of likely N-dealkylation sites (N-methyl/N-ethyl adjacent to an activating group) is 2. The predicted molar refractivity (Wildman–Crippen MR) is 67.2 cm³/mol. The molecule has 0 amide bonds. The highest BCUT2D eigenvalue weighted by Gasteiger charge is 2.25. The van der Waals surface area contributed by atoms with E-state index in [1.807, 2.05) is 0 Å². The van der Waals surface area contributed by atoms with E-state index >= 15 is 0 Å². The number of rotatable bonds is 6. The van der Waals surface area contributed by atoms with Gasteiger partial charge in [0.1, 0.15) is 0 Å². The summed E-state index contributed by atoms with van der Waals surface area (Å²) in [5.41, 5.74) is 0. The van der Waals surface area contributed by atoms with E-state index in [0.29, 0.717) is 18.5 Å². The van der Waals surface area contributed by atoms with Crippen molar-refractivity contribution < 1.29 is 0 Å². The van der Waals surface area contributed by atoms with Crippen LogP contribution in [0.2, 0.25) is 0 Å². The molecule has 2 unspecified atom stereocenters. The van der Waals surface area contributed by atoms with Crippen LogP contribution in [0.4, 0.5) is 0 Å². The van der Waals surface area contributed by atoms with Gasteiger partial charge in [0.05, 0.1) is 12.5 Å². The average Bonchev–Trinajstić information content (AvgIpc) is 2.72. The van der Waals surface area contributed by atoms with Gasteiger partial charge in [0.15, 0.2) is 0 Å². The summed E-state index contributed by atoms with van der Waals surface area (Å²) in [6.07, 6.45) is 4.39. The maximum atomic E-state index is 8.79. The number of hydrogen-bond acceptors (Lipinski definition) is 3. The summed E-state index contributed by atoms with van der Waals surface area (Å²) in [7, 11) is 2.16. The maximum Gasteiger partial charge on any atom is 0.0638 e. The number of hydrogen-bond donors (Lipinski definition) is 0. The first-order chi connectivity index (χ1) is 7.72. The Labute approximate surface area is 100 Å². The fraction of sp³-hybridized carbons (Fsp3) is 0.923. The van der Waals surface area contributed by atoms with Crippen molar-refractivity contribution in [1.82, 2.24) is 9.80 Å². The van der Waals surface area contributed by atoms with Crippen molar-refractivity contribution in [3.05, 3.63) is 0 Å². The molecule has 1 saturated heterocycles. The summed E-state index contributed by atoms with van der Waals surface area (Å²) < 4.78 is 0. The lowest BCUT2D eigenvalue weighted by Crippen LogP contribution is -2.42. The average molecular weight is 223 g/mol. The van der Waals surface area contributed by atoms with Crippen LogP contribution >= 0.6 is 0 Å². The molecule has 1 heterocycles. The van der Waals surface area contributed by atoms with Crippen LogP contribution in [0, 0.1) is 11.3 Å². The molecule has 0 aromatic carbocycles. The third-order valence-corrected chi connectivity index (χ3v) is 3.83. The zero-order chi connectivity index (χ0) is 12.0. The van der Waals surface area contributed by atoms with Gasteiger partial charge in [-0.25, -0.2) is 0 Å². The molecule has 0 aromatic heterocycles. The Morgan fingerprint density at radius 1 is 1.50 bits per heavy atom. The molecule has 1 aliphatic rings. The normalized spacial score (nSPS) is 23.6. The molecule has 92 valence electrons. The Hall–Kier alpha value is -0.590. The second-order valence-electron chi connectivity index (χ2n) is 4.79. The largest absolute Gasteiger partial charge is 0.301 e. The SMILES string of the molecule is CCC(CC#N)N(C)CC1CCCN1CC. The predicted octanol–water partition coefficient (Wildman–Crippen LogP) is 2.09. The quantitative estimate of drug-likeness (QED) is 0.691. The second kappa shape index (κ2) is 6.88. The second-order valence-corrected chi connectivity index (χ2v) is 4.79. The maximum absolute atomic E-state index is 8.79. The molecule has 1 rings (SSSR count). The topological polar surface area (TPSA) is 30.3 Å². The molecule has 2 atom stereocenters. The van der Waals surface area contributed by atoms with E-state index in [4.69, 9.17) is 5.26 Å². The fourth-order valence-electron chi connectivity index (χ4n) is 2.72. The minimum Gasteiger partial charge on any atom is -0.301 e. The van der Waals surface area contributed by atoms with Gasteiger partial charge in [-0.15, -0.1) is 0 Å². The van der Waals surface area contributed by atoms with Crippen LogP contribution in [-0.2, 0) is 0 Å². The van der Waals surface area contributed by atoms with E-state index in [1.54, 1.807) is 0 Å². The first kappa shape index (κ1) is 13.5. The Morgan fingerprint density at radius 3 is 2.81 bits per heavy atom. The van der Waals surface area contributed by atoms with Gasteiger partial charge in [0.2, 0.25) is 0 Å². The van der Waals surface area contributed by atoms with E-state index in [-0.39, 0.29) is 0 Å². The molecule has 0 N–H and O–H groups in total.